The molecule has 3 heteroatoms. The lowest BCUT2D eigenvalue weighted by Gasteiger charge is -2.25. The Bertz CT molecular complexity index is 1480. The number of anilines is 1. The second kappa shape index (κ2) is 9.66. The molecule has 1 aliphatic heterocycles. The van der Waals surface area contributed by atoms with Gasteiger partial charge < -0.3 is 9.64 Å². The highest BCUT2D eigenvalue weighted by Crippen LogP contribution is 2.40. The highest BCUT2D eigenvalue weighted by molar-refractivity contribution is 6.02. The van der Waals surface area contributed by atoms with Crippen molar-refractivity contribution in [1.82, 2.24) is 4.98 Å². The predicted octanol–water partition coefficient (Wildman–Crippen LogP) is 8.55. The van der Waals surface area contributed by atoms with Gasteiger partial charge in [-0.15, -0.1) is 0 Å². The minimum Gasteiger partial charge on any atom is -0.456 e. The van der Waals surface area contributed by atoms with E-state index in [1.165, 1.54) is 51.6 Å². The number of rotatable bonds is 5. The second-order valence-corrected chi connectivity index (χ2v) is 9.62. The molecule has 0 fully saturated rings. The molecule has 2 heterocycles. The first-order chi connectivity index (χ1) is 17.7. The lowest BCUT2D eigenvalue weighted by Crippen LogP contribution is -2.22. The summed E-state index contributed by atoms with van der Waals surface area (Å²) in [6, 6.07) is 23.5. The van der Waals surface area contributed by atoms with Crippen molar-refractivity contribution in [2.75, 3.05) is 18.0 Å². The molecule has 4 aromatic rings. The zero-order valence-corrected chi connectivity index (χ0v) is 21.1. The lowest BCUT2D eigenvalue weighted by atomic mass is 9.98. The Morgan fingerprint density at radius 3 is 2.25 bits per heavy atom. The molecule has 0 N–H and O–H groups in total. The molecular formula is C33H32N2O. The van der Waals surface area contributed by atoms with Gasteiger partial charge in [0.1, 0.15) is 11.5 Å². The molecule has 3 nitrogen and oxygen atoms in total. The predicted molar refractivity (Wildman–Crippen MR) is 152 cm³/mol. The first kappa shape index (κ1) is 22.6. The minimum atomic E-state index is 0.964. The highest BCUT2D eigenvalue weighted by atomic mass is 16.5. The molecule has 6 rings (SSSR count). The van der Waals surface area contributed by atoms with Crippen LogP contribution in [0.5, 0.6) is 5.75 Å². The molecule has 0 atom stereocenters. The summed E-state index contributed by atoms with van der Waals surface area (Å²) in [6.45, 7) is 6.37. The van der Waals surface area contributed by atoms with E-state index >= 15 is 0 Å². The van der Waals surface area contributed by atoms with Crippen LogP contribution in [-0.2, 0) is 0 Å². The van der Waals surface area contributed by atoms with E-state index in [0.29, 0.717) is 0 Å². The average molecular weight is 473 g/mol. The summed E-state index contributed by atoms with van der Waals surface area (Å²) in [5, 5.41) is 2.36. The molecule has 36 heavy (non-hydrogen) atoms. The van der Waals surface area contributed by atoms with Gasteiger partial charge >= 0.3 is 0 Å². The van der Waals surface area contributed by atoms with Gasteiger partial charge in [-0.3, -0.25) is 0 Å². The number of para-hydroxylation sites is 2. The van der Waals surface area contributed by atoms with Crippen molar-refractivity contribution in [3.05, 3.63) is 101 Å². The Balaban J connectivity index is 1.45. The maximum atomic E-state index is 6.69. The maximum absolute atomic E-state index is 6.69. The van der Waals surface area contributed by atoms with Crippen molar-refractivity contribution in [3.8, 4) is 5.75 Å². The quantitative estimate of drug-likeness (QED) is 0.272. The van der Waals surface area contributed by atoms with Crippen LogP contribution in [0.1, 0.15) is 50.7 Å². The number of nitrogens with zero attached hydrogens (tertiary/aromatic N) is 2. The third-order valence-electron chi connectivity index (χ3n) is 7.47. The molecule has 1 aromatic heterocycles. The number of hydrogen-bond donors (Lipinski definition) is 0. The van der Waals surface area contributed by atoms with Gasteiger partial charge in [-0.1, -0.05) is 48.6 Å². The molecular weight excluding hydrogens is 440 g/mol. The van der Waals surface area contributed by atoms with Crippen LogP contribution in [-0.4, -0.2) is 18.1 Å². The number of fused-ring (bicyclic) bond motifs is 4. The number of benzene rings is 3. The van der Waals surface area contributed by atoms with Gasteiger partial charge in [0.05, 0.1) is 11.0 Å². The van der Waals surface area contributed by atoms with Gasteiger partial charge in [-0.25, -0.2) is 4.98 Å². The Morgan fingerprint density at radius 1 is 0.833 bits per heavy atom. The summed E-state index contributed by atoms with van der Waals surface area (Å²) >= 11 is 0. The number of aromatic nitrogens is 1. The largest absolute Gasteiger partial charge is 0.456 e. The Labute approximate surface area is 213 Å². The number of pyridine rings is 1. The molecule has 2 aliphatic rings. The van der Waals surface area contributed by atoms with Crippen LogP contribution in [0.25, 0.3) is 34.0 Å². The SMILES string of the molecule is CCN(CC)c1ccc2c(c1)OC1=C(/C=C/c3c4ccccc4nc4ccccc34)CCCCC1=C2. The van der Waals surface area contributed by atoms with Gasteiger partial charge in [0.15, 0.2) is 0 Å². The number of hydrogen-bond acceptors (Lipinski definition) is 3. The summed E-state index contributed by atoms with van der Waals surface area (Å²) in [5.74, 6) is 2.02. The van der Waals surface area contributed by atoms with E-state index in [1.807, 2.05) is 0 Å². The zero-order valence-electron chi connectivity index (χ0n) is 21.1. The zero-order chi connectivity index (χ0) is 24.5. The van der Waals surface area contributed by atoms with Crippen molar-refractivity contribution >= 4 is 39.6 Å². The molecule has 0 saturated heterocycles. The molecule has 0 unspecified atom stereocenters. The van der Waals surface area contributed by atoms with Crippen molar-refractivity contribution in [2.24, 2.45) is 0 Å². The molecule has 0 radical (unpaired) electrons. The average Bonchev–Trinajstić information content (AvgIpc) is 3.12. The Hall–Kier alpha value is -3.85. The van der Waals surface area contributed by atoms with Crippen molar-refractivity contribution < 1.29 is 4.74 Å². The van der Waals surface area contributed by atoms with Gasteiger partial charge in [-0.2, -0.15) is 0 Å². The van der Waals surface area contributed by atoms with Gasteiger partial charge in [-0.05, 0) is 86.6 Å². The van der Waals surface area contributed by atoms with E-state index in [2.05, 4.69) is 104 Å². The molecule has 0 saturated carbocycles. The van der Waals surface area contributed by atoms with Gasteiger partial charge in [0, 0.05) is 41.2 Å². The fourth-order valence-corrected chi connectivity index (χ4v) is 5.54. The Kier molecular flexibility index (Phi) is 6.06. The van der Waals surface area contributed by atoms with E-state index in [0.717, 1.165) is 48.5 Å². The Morgan fingerprint density at radius 2 is 1.53 bits per heavy atom. The summed E-state index contributed by atoms with van der Waals surface area (Å²) in [4.78, 5) is 7.26. The normalized spacial score (nSPS) is 15.4. The summed E-state index contributed by atoms with van der Waals surface area (Å²) < 4.78 is 6.69. The number of allylic oxidation sites excluding steroid dienone is 3. The first-order valence-electron chi connectivity index (χ1n) is 13.2. The van der Waals surface area contributed by atoms with E-state index in [4.69, 9.17) is 9.72 Å². The molecule has 0 spiro atoms. The topological polar surface area (TPSA) is 25.4 Å². The van der Waals surface area contributed by atoms with Crippen LogP contribution in [0.4, 0.5) is 5.69 Å². The number of ether oxygens (including phenoxy) is 1. The fraction of sp³-hybridized carbons (Fsp3) is 0.242. The maximum Gasteiger partial charge on any atom is 0.136 e. The minimum absolute atomic E-state index is 0.964. The van der Waals surface area contributed by atoms with Crippen LogP contribution in [0.3, 0.4) is 0 Å². The monoisotopic (exact) mass is 472 g/mol. The summed E-state index contributed by atoms with van der Waals surface area (Å²) in [5.41, 5.74) is 8.28. The lowest BCUT2D eigenvalue weighted by molar-refractivity contribution is 0.423. The smallest absolute Gasteiger partial charge is 0.136 e. The standard InChI is InChI=1S/C33H32N2O/c1-3-35(4-2)26-19-17-24-21-25-12-6-5-11-23(33(25)36-32(24)22-26)18-20-27-28-13-7-9-15-30(28)34-31-16-10-8-14-29(27)31/h7-10,13-22H,3-6,11-12H2,1-2H3/b20-18+. The third kappa shape index (κ3) is 4.09. The summed E-state index contributed by atoms with van der Waals surface area (Å²) in [7, 11) is 0. The van der Waals surface area contributed by atoms with E-state index in [1.54, 1.807) is 0 Å². The van der Waals surface area contributed by atoms with Crippen LogP contribution in [0, 0.1) is 0 Å². The first-order valence-corrected chi connectivity index (χ1v) is 13.2. The third-order valence-corrected chi connectivity index (χ3v) is 7.47. The molecule has 0 bridgehead atoms. The second-order valence-electron chi connectivity index (χ2n) is 9.62. The van der Waals surface area contributed by atoms with Crippen molar-refractivity contribution in [2.45, 2.75) is 39.5 Å². The fourth-order valence-electron chi connectivity index (χ4n) is 5.54. The molecule has 180 valence electrons. The molecule has 0 amide bonds. The van der Waals surface area contributed by atoms with Gasteiger partial charge in [0.25, 0.3) is 0 Å². The highest BCUT2D eigenvalue weighted by Gasteiger charge is 2.23. The van der Waals surface area contributed by atoms with Crippen LogP contribution < -0.4 is 9.64 Å². The summed E-state index contributed by atoms with van der Waals surface area (Å²) in [6.07, 6.45) is 11.4. The van der Waals surface area contributed by atoms with Crippen LogP contribution in [0.15, 0.2) is 89.7 Å². The van der Waals surface area contributed by atoms with Crippen molar-refractivity contribution in [3.63, 3.8) is 0 Å². The van der Waals surface area contributed by atoms with E-state index in [-0.39, 0.29) is 0 Å². The van der Waals surface area contributed by atoms with E-state index in [9.17, 15) is 0 Å². The molecule has 3 aromatic carbocycles. The van der Waals surface area contributed by atoms with Gasteiger partial charge in [0.2, 0.25) is 0 Å². The molecule has 1 aliphatic carbocycles. The van der Waals surface area contributed by atoms with Crippen LogP contribution in [0.2, 0.25) is 0 Å². The van der Waals surface area contributed by atoms with Crippen molar-refractivity contribution in [1.29, 1.82) is 0 Å². The van der Waals surface area contributed by atoms with E-state index < -0.39 is 0 Å². The van der Waals surface area contributed by atoms with Crippen LogP contribution >= 0.6 is 0 Å².